The van der Waals surface area contributed by atoms with Gasteiger partial charge in [-0.1, -0.05) is 64.7 Å². The number of ether oxygens (including phenoxy) is 2. The van der Waals surface area contributed by atoms with Crippen LogP contribution < -0.4 is 0 Å². The molecule has 0 aromatic carbocycles. The van der Waals surface area contributed by atoms with E-state index in [1.807, 2.05) is 7.11 Å². The SMILES string of the molecule is CCCCC(CCCCCCCCCCC(=O)OC)OC. The maximum atomic E-state index is 10.9. The topological polar surface area (TPSA) is 35.5 Å². The summed E-state index contributed by atoms with van der Waals surface area (Å²) in [4.78, 5) is 10.9. The second-order valence-corrected chi connectivity index (χ2v) is 5.94. The van der Waals surface area contributed by atoms with Gasteiger partial charge in [0.1, 0.15) is 0 Å². The standard InChI is InChI=1S/C18H36O3/c1-4-5-14-17(20-2)15-12-10-8-6-7-9-11-13-16-18(19)21-3/h17H,4-16H2,1-3H3. The molecule has 0 aliphatic rings. The molecule has 1 atom stereocenters. The van der Waals surface area contributed by atoms with E-state index in [0.717, 1.165) is 12.8 Å². The first-order chi connectivity index (χ1) is 10.2. The van der Waals surface area contributed by atoms with Gasteiger partial charge in [0.15, 0.2) is 0 Å². The van der Waals surface area contributed by atoms with Gasteiger partial charge in [0.2, 0.25) is 0 Å². The molecule has 1 unspecified atom stereocenters. The van der Waals surface area contributed by atoms with Crippen molar-refractivity contribution in [2.75, 3.05) is 14.2 Å². The molecule has 0 rings (SSSR count). The van der Waals surface area contributed by atoms with Crippen molar-refractivity contribution < 1.29 is 14.3 Å². The maximum absolute atomic E-state index is 10.9. The van der Waals surface area contributed by atoms with Crippen LogP contribution in [0.1, 0.15) is 90.4 Å². The summed E-state index contributed by atoms with van der Waals surface area (Å²) in [6.45, 7) is 2.23. The van der Waals surface area contributed by atoms with Gasteiger partial charge in [-0.05, 0) is 19.3 Å². The number of rotatable bonds is 15. The van der Waals surface area contributed by atoms with Crippen molar-refractivity contribution in [2.45, 2.75) is 96.5 Å². The highest BCUT2D eigenvalue weighted by Gasteiger charge is 2.05. The van der Waals surface area contributed by atoms with Crippen LogP contribution in [0.2, 0.25) is 0 Å². The Labute approximate surface area is 131 Å². The van der Waals surface area contributed by atoms with Crippen LogP contribution in [-0.4, -0.2) is 26.3 Å². The molecular formula is C18H36O3. The fourth-order valence-corrected chi connectivity index (χ4v) is 2.62. The van der Waals surface area contributed by atoms with E-state index in [1.165, 1.54) is 71.3 Å². The molecule has 0 spiro atoms. The van der Waals surface area contributed by atoms with Crippen LogP contribution >= 0.6 is 0 Å². The summed E-state index contributed by atoms with van der Waals surface area (Å²) in [6, 6.07) is 0. The molecule has 126 valence electrons. The Kier molecular flexibility index (Phi) is 15.4. The molecule has 0 aromatic heterocycles. The summed E-state index contributed by atoms with van der Waals surface area (Å²) in [6.07, 6.45) is 16.0. The predicted molar refractivity (Wildman–Crippen MR) is 88.5 cm³/mol. The Hall–Kier alpha value is -0.570. The van der Waals surface area contributed by atoms with E-state index in [9.17, 15) is 4.79 Å². The van der Waals surface area contributed by atoms with Crippen LogP contribution in [0.5, 0.6) is 0 Å². The van der Waals surface area contributed by atoms with E-state index in [0.29, 0.717) is 12.5 Å². The van der Waals surface area contributed by atoms with Gasteiger partial charge >= 0.3 is 5.97 Å². The third kappa shape index (κ3) is 14.1. The average Bonchev–Trinajstić information content (AvgIpc) is 2.51. The lowest BCUT2D eigenvalue weighted by molar-refractivity contribution is -0.140. The molecule has 0 amide bonds. The maximum Gasteiger partial charge on any atom is 0.305 e. The van der Waals surface area contributed by atoms with Gasteiger partial charge in [0.05, 0.1) is 13.2 Å². The van der Waals surface area contributed by atoms with E-state index in [4.69, 9.17) is 4.74 Å². The second kappa shape index (κ2) is 15.8. The van der Waals surface area contributed by atoms with Crippen LogP contribution in [-0.2, 0) is 14.3 Å². The minimum Gasteiger partial charge on any atom is -0.469 e. The molecule has 3 heteroatoms. The van der Waals surface area contributed by atoms with Crippen molar-refractivity contribution in [3.05, 3.63) is 0 Å². The fraction of sp³-hybridized carbons (Fsp3) is 0.944. The summed E-state index contributed by atoms with van der Waals surface area (Å²) in [7, 11) is 3.30. The molecule has 0 aliphatic heterocycles. The van der Waals surface area contributed by atoms with Crippen molar-refractivity contribution in [2.24, 2.45) is 0 Å². The first kappa shape index (κ1) is 20.4. The highest BCUT2D eigenvalue weighted by atomic mass is 16.5. The van der Waals surface area contributed by atoms with Crippen molar-refractivity contribution >= 4 is 5.97 Å². The van der Waals surface area contributed by atoms with Crippen LogP contribution in [0.25, 0.3) is 0 Å². The van der Waals surface area contributed by atoms with Gasteiger partial charge in [-0.15, -0.1) is 0 Å². The Bertz CT molecular complexity index is 229. The molecule has 0 aromatic rings. The predicted octanol–water partition coefficient (Wildman–Crippen LogP) is 5.27. The van der Waals surface area contributed by atoms with Gasteiger partial charge < -0.3 is 9.47 Å². The minimum atomic E-state index is -0.0780. The van der Waals surface area contributed by atoms with Crippen LogP contribution in [0.3, 0.4) is 0 Å². The van der Waals surface area contributed by atoms with Gasteiger partial charge in [-0.25, -0.2) is 0 Å². The lowest BCUT2D eigenvalue weighted by atomic mass is 10.0. The minimum absolute atomic E-state index is 0.0780. The molecule has 0 fully saturated rings. The summed E-state index contributed by atoms with van der Waals surface area (Å²) >= 11 is 0. The Morgan fingerprint density at radius 1 is 0.810 bits per heavy atom. The molecule has 0 heterocycles. The number of esters is 1. The summed E-state index contributed by atoms with van der Waals surface area (Å²) in [5.74, 6) is -0.0780. The molecule has 0 radical (unpaired) electrons. The molecule has 21 heavy (non-hydrogen) atoms. The average molecular weight is 300 g/mol. The zero-order chi connectivity index (χ0) is 15.8. The highest BCUT2D eigenvalue weighted by Crippen LogP contribution is 2.15. The van der Waals surface area contributed by atoms with E-state index in [2.05, 4.69) is 11.7 Å². The molecule has 0 bridgehead atoms. The third-order valence-corrected chi connectivity index (χ3v) is 4.10. The normalized spacial score (nSPS) is 12.3. The lowest BCUT2D eigenvalue weighted by Crippen LogP contribution is -2.09. The van der Waals surface area contributed by atoms with Crippen LogP contribution in [0.4, 0.5) is 0 Å². The molecule has 0 aliphatic carbocycles. The van der Waals surface area contributed by atoms with Gasteiger partial charge in [0.25, 0.3) is 0 Å². The fourth-order valence-electron chi connectivity index (χ4n) is 2.62. The Balaban J connectivity index is 3.23. The molecule has 0 N–H and O–H groups in total. The van der Waals surface area contributed by atoms with Crippen molar-refractivity contribution in [1.82, 2.24) is 0 Å². The largest absolute Gasteiger partial charge is 0.469 e. The summed E-state index contributed by atoms with van der Waals surface area (Å²) in [5, 5.41) is 0. The zero-order valence-corrected chi connectivity index (χ0v) is 14.5. The second-order valence-electron chi connectivity index (χ2n) is 5.94. The summed E-state index contributed by atoms with van der Waals surface area (Å²) in [5.41, 5.74) is 0. The summed E-state index contributed by atoms with van der Waals surface area (Å²) < 4.78 is 10.1. The lowest BCUT2D eigenvalue weighted by Gasteiger charge is -2.14. The van der Waals surface area contributed by atoms with Gasteiger partial charge in [-0.2, -0.15) is 0 Å². The van der Waals surface area contributed by atoms with Crippen molar-refractivity contribution in [3.8, 4) is 0 Å². The molecule has 0 saturated carbocycles. The highest BCUT2D eigenvalue weighted by molar-refractivity contribution is 5.68. The number of unbranched alkanes of at least 4 members (excludes halogenated alkanes) is 8. The van der Waals surface area contributed by atoms with Crippen molar-refractivity contribution in [3.63, 3.8) is 0 Å². The Morgan fingerprint density at radius 2 is 1.33 bits per heavy atom. The zero-order valence-electron chi connectivity index (χ0n) is 14.5. The van der Waals surface area contributed by atoms with Gasteiger partial charge in [0, 0.05) is 13.5 Å². The first-order valence-electron chi connectivity index (χ1n) is 8.84. The number of carbonyl (C=O) groups excluding carboxylic acids is 1. The van der Waals surface area contributed by atoms with E-state index in [1.54, 1.807) is 0 Å². The van der Waals surface area contributed by atoms with E-state index >= 15 is 0 Å². The molecule has 3 nitrogen and oxygen atoms in total. The number of hydrogen-bond acceptors (Lipinski definition) is 3. The number of carbonyl (C=O) groups is 1. The van der Waals surface area contributed by atoms with Crippen molar-refractivity contribution in [1.29, 1.82) is 0 Å². The van der Waals surface area contributed by atoms with Crippen LogP contribution in [0, 0.1) is 0 Å². The number of methoxy groups -OCH3 is 2. The monoisotopic (exact) mass is 300 g/mol. The van der Waals surface area contributed by atoms with Crippen LogP contribution in [0.15, 0.2) is 0 Å². The van der Waals surface area contributed by atoms with E-state index in [-0.39, 0.29) is 5.97 Å². The molecule has 0 saturated heterocycles. The smallest absolute Gasteiger partial charge is 0.305 e. The van der Waals surface area contributed by atoms with E-state index < -0.39 is 0 Å². The molecular weight excluding hydrogens is 264 g/mol. The first-order valence-corrected chi connectivity index (χ1v) is 8.84. The van der Waals surface area contributed by atoms with Gasteiger partial charge in [-0.3, -0.25) is 4.79 Å². The number of hydrogen-bond donors (Lipinski definition) is 0. The Morgan fingerprint density at radius 3 is 1.86 bits per heavy atom. The third-order valence-electron chi connectivity index (χ3n) is 4.10. The quantitative estimate of drug-likeness (QED) is 0.305.